The highest BCUT2D eigenvalue weighted by atomic mass is 32.1. The van der Waals surface area contributed by atoms with Gasteiger partial charge < -0.3 is 9.47 Å². The van der Waals surface area contributed by atoms with Crippen LogP contribution in [0.1, 0.15) is 24.2 Å². The van der Waals surface area contributed by atoms with Gasteiger partial charge in [0, 0.05) is 17.5 Å². The van der Waals surface area contributed by atoms with E-state index in [1.165, 1.54) is 11.3 Å². The summed E-state index contributed by atoms with van der Waals surface area (Å²) in [5.74, 6) is 2.46. The van der Waals surface area contributed by atoms with Gasteiger partial charge in [0.15, 0.2) is 0 Å². The molecule has 0 fully saturated rings. The summed E-state index contributed by atoms with van der Waals surface area (Å²) in [6.45, 7) is 5.20. The van der Waals surface area contributed by atoms with E-state index in [4.69, 9.17) is 14.5 Å². The SMILES string of the molecule is COc1ccc(-c2csc3nc(C)n(CCCCOc4ccccc4C)c(=O)c23)cc1. The van der Waals surface area contributed by atoms with Crippen LogP contribution in [0.3, 0.4) is 0 Å². The number of thiophene rings is 1. The Bertz CT molecular complexity index is 1240. The minimum absolute atomic E-state index is 0.0226. The Kier molecular flexibility index (Phi) is 6.37. The predicted molar refractivity (Wildman–Crippen MR) is 127 cm³/mol. The summed E-state index contributed by atoms with van der Waals surface area (Å²) in [4.78, 5) is 18.8. The lowest BCUT2D eigenvalue weighted by atomic mass is 10.1. The zero-order valence-electron chi connectivity index (χ0n) is 18.1. The number of rotatable bonds is 8. The number of aromatic nitrogens is 2. The molecule has 0 spiro atoms. The molecule has 0 unspecified atom stereocenters. The van der Waals surface area contributed by atoms with Gasteiger partial charge in [0.2, 0.25) is 0 Å². The molecule has 2 heterocycles. The van der Waals surface area contributed by atoms with E-state index in [1.807, 2.05) is 67.8 Å². The summed E-state index contributed by atoms with van der Waals surface area (Å²) in [6, 6.07) is 15.8. The highest BCUT2D eigenvalue weighted by Crippen LogP contribution is 2.32. The first-order valence-corrected chi connectivity index (χ1v) is 11.3. The largest absolute Gasteiger partial charge is 0.497 e. The number of para-hydroxylation sites is 1. The fraction of sp³-hybridized carbons (Fsp3) is 0.280. The van der Waals surface area contributed by atoms with E-state index < -0.39 is 0 Å². The zero-order chi connectivity index (χ0) is 21.8. The van der Waals surface area contributed by atoms with Crippen molar-refractivity contribution >= 4 is 21.6 Å². The normalized spacial score (nSPS) is 11.1. The molecule has 0 saturated carbocycles. The maximum Gasteiger partial charge on any atom is 0.262 e. The topological polar surface area (TPSA) is 53.4 Å². The first-order chi connectivity index (χ1) is 15.1. The van der Waals surface area contributed by atoms with E-state index in [2.05, 4.69) is 0 Å². The summed E-state index contributed by atoms with van der Waals surface area (Å²) in [5, 5.41) is 2.71. The zero-order valence-corrected chi connectivity index (χ0v) is 18.9. The van der Waals surface area contributed by atoms with Crippen LogP contribution in [-0.2, 0) is 6.54 Å². The summed E-state index contributed by atoms with van der Waals surface area (Å²) < 4.78 is 12.9. The summed E-state index contributed by atoms with van der Waals surface area (Å²) in [6.07, 6.45) is 1.72. The minimum atomic E-state index is 0.0226. The van der Waals surface area contributed by atoms with E-state index >= 15 is 0 Å². The minimum Gasteiger partial charge on any atom is -0.497 e. The molecule has 0 aliphatic carbocycles. The molecular weight excluding hydrogens is 408 g/mol. The molecule has 0 atom stereocenters. The monoisotopic (exact) mass is 434 g/mol. The molecule has 31 heavy (non-hydrogen) atoms. The molecule has 2 aromatic carbocycles. The Morgan fingerprint density at radius 3 is 2.55 bits per heavy atom. The third kappa shape index (κ3) is 4.49. The molecule has 2 aromatic heterocycles. The molecule has 5 nitrogen and oxygen atoms in total. The molecule has 6 heteroatoms. The van der Waals surface area contributed by atoms with Gasteiger partial charge in [-0.2, -0.15) is 0 Å². The number of nitrogens with zero attached hydrogens (tertiary/aromatic N) is 2. The van der Waals surface area contributed by atoms with Crippen molar-refractivity contribution < 1.29 is 9.47 Å². The van der Waals surface area contributed by atoms with Crippen LogP contribution in [0, 0.1) is 13.8 Å². The van der Waals surface area contributed by atoms with Gasteiger partial charge in [-0.25, -0.2) is 4.98 Å². The number of fused-ring (bicyclic) bond motifs is 1. The molecule has 4 aromatic rings. The van der Waals surface area contributed by atoms with Crippen LogP contribution in [0.2, 0.25) is 0 Å². The van der Waals surface area contributed by atoms with Gasteiger partial charge in [0.1, 0.15) is 22.2 Å². The molecule has 0 radical (unpaired) electrons. The van der Waals surface area contributed by atoms with Crippen molar-refractivity contribution in [3.05, 3.63) is 75.7 Å². The van der Waals surface area contributed by atoms with Crippen molar-refractivity contribution in [3.8, 4) is 22.6 Å². The quantitative estimate of drug-likeness (QED) is 0.338. The van der Waals surface area contributed by atoms with Crippen molar-refractivity contribution in [2.45, 2.75) is 33.2 Å². The highest BCUT2D eigenvalue weighted by Gasteiger charge is 2.15. The number of methoxy groups -OCH3 is 1. The van der Waals surface area contributed by atoms with Crippen LogP contribution in [0.4, 0.5) is 0 Å². The van der Waals surface area contributed by atoms with Crippen LogP contribution >= 0.6 is 11.3 Å². The van der Waals surface area contributed by atoms with E-state index in [1.54, 1.807) is 11.7 Å². The fourth-order valence-corrected chi connectivity index (χ4v) is 4.63. The van der Waals surface area contributed by atoms with E-state index in [9.17, 15) is 4.79 Å². The summed E-state index contributed by atoms with van der Waals surface area (Å²) in [7, 11) is 1.65. The maximum atomic E-state index is 13.3. The van der Waals surface area contributed by atoms with Gasteiger partial charge in [0.25, 0.3) is 5.56 Å². The molecule has 0 saturated heterocycles. The molecule has 0 N–H and O–H groups in total. The Morgan fingerprint density at radius 2 is 1.81 bits per heavy atom. The Morgan fingerprint density at radius 1 is 1.03 bits per heavy atom. The van der Waals surface area contributed by atoms with Crippen molar-refractivity contribution in [2.24, 2.45) is 0 Å². The standard InChI is InChI=1S/C25H26N2O3S/c1-17-8-4-5-9-22(17)30-15-7-6-14-27-18(2)26-24-23(25(27)28)21(16-31-24)19-10-12-20(29-3)13-11-19/h4-5,8-13,16H,6-7,14-15H2,1-3H3. The number of hydrogen-bond donors (Lipinski definition) is 0. The number of ether oxygens (including phenoxy) is 2. The molecule has 0 amide bonds. The van der Waals surface area contributed by atoms with E-state index in [0.29, 0.717) is 18.5 Å². The molecule has 0 aliphatic rings. The van der Waals surface area contributed by atoms with Crippen molar-refractivity contribution in [1.82, 2.24) is 9.55 Å². The first kappa shape index (κ1) is 21.1. The van der Waals surface area contributed by atoms with Crippen molar-refractivity contribution in [3.63, 3.8) is 0 Å². The van der Waals surface area contributed by atoms with Crippen LogP contribution in [0.15, 0.2) is 58.7 Å². The van der Waals surface area contributed by atoms with Crippen LogP contribution in [0.25, 0.3) is 21.3 Å². The third-order valence-corrected chi connectivity index (χ3v) is 6.29. The number of hydrogen-bond acceptors (Lipinski definition) is 5. The van der Waals surface area contributed by atoms with Gasteiger partial charge in [-0.3, -0.25) is 9.36 Å². The van der Waals surface area contributed by atoms with Gasteiger partial charge in [-0.15, -0.1) is 11.3 Å². The summed E-state index contributed by atoms with van der Waals surface area (Å²) in [5.41, 5.74) is 3.08. The number of aryl methyl sites for hydroxylation is 2. The second kappa shape index (κ2) is 9.35. The second-order valence-electron chi connectivity index (χ2n) is 7.49. The molecule has 0 bridgehead atoms. The van der Waals surface area contributed by atoms with Gasteiger partial charge in [0.05, 0.1) is 19.1 Å². The third-order valence-electron chi connectivity index (χ3n) is 5.41. The van der Waals surface area contributed by atoms with Crippen LogP contribution in [0.5, 0.6) is 11.5 Å². The highest BCUT2D eigenvalue weighted by molar-refractivity contribution is 7.17. The van der Waals surface area contributed by atoms with Crippen LogP contribution in [-0.4, -0.2) is 23.3 Å². The average molecular weight is 435 g/mol. The first-order valence-electron chi connectivity index (χ1n) is 10.4. The number of benzene rings is 2. The lowest BCUT2D eigenvalue weighted by Crippen LogP contribution is -2.24. The van der Waals surface area contributed by atoms with Gasteiger partial charge in [-0.05, 0) is 56.0 Å². The van der Waals surface area contributed by atoms with Gasteiger partial charge in [-0.1, -0.05) is 30.3 Å². The van der Waals surface area contributed by atoms with E-state index in [-0.39, 0.29) is 5.56 Å². The molecule has 160 valence electrons. The summed E-state index contributed by atoms with van der Waals surface area (Å²) >= 11 is 1.51. The maximum absolute atomic E-state index is 13.3. The smallest absolute Gasteiger partial charge is 0.262 e. The van der Waals surface area contributed by atoms with Crippen molar-refractivity contribution in [2.75, 3.05) is 13.7 Å². The Labute approximate surface area is 185 Å². The van der Waals surface area contributed by atoms with Crippen LogP contribution < -0.4 is 15.0 Å². The lowest BCUT2D eigenvalue weighted by molar-refractivity contribution is 0.300. The molecular formula is C25H26N2O3S. The van der Waals surface area contributed by atoms with E-state index in [0.717, 1.165) is 51.7 Å². The average Bonchev–Trinajstić information content (AvgIpc) is 3.20. The molecule has 0 aliphatic heterocycles. The number of unbranched alkanes of at least 4 members (excludes halogenated alkanes) is 1. The Balaban J connectivity index is 1.50. The van der Waals surface area contributed by atoms with Crippen molar-refractivity contribution in [1.29, 1.82) is 0 Å². The second-order valence-corrected chi connectivity index (χ2v) is 8.35. The predicted octanol–water partition coefficient (Wildman–Crippen LogP) is 5.61. The Hall–Kier alpha value is -3.12. The molecule has 4 rings (SSSR count). The fourth-order valence-electron chi connectivity index (χ4n) is 3.64. The lowest BCUT2D eigenvalue weighted by Gasteiger charge is -2.11. The van der Waals surface area contributed by atoms with Gasteiger partial charge >= 0.3 is 0 Å².